The molecule has 2 rings (SSSR count). The minimum Gasteiger partial charge on any atom is -0.383 e. The molecule has 0 saturated carbocycles. The summed E-state index contributed by atoms with van der Waals surface area (Å²) in [5, 5.41) is 7.46. The third-order valence-electron chi connectivity index (χ3n) is 3.10. The van der Waals surface area contributed by atoms with Crippen molar-refractivity contribution in [2.45, 2.75) is 13.0 Å². The molecule has 0 bridgehead atoms. The number of nitrogens with zero attached hydrogens (tertiary/aromatic N) is 2. The highest BCUT2D eigenvalue weighted by Crippen LogP contribution is 2.24. The van der Waals surface area contributed by atoms with Crippen molar-refractivity contribution in [3.8, 4) is 0 Å². The van der Waals surface area contributed by atoms with E-state index in [9.17, 15) is 4.79 Å². The Hall–Kier alpha value is -0.530. The van der Waals surface area contributed by atoms with Gasteiger partial charge in [0, 0.05) is 13.7 Å². The quantitative estimate of drug-likeness (QED) is 0.850. The Morgan fingerprint density at radius 1 is 1.68 bits per heavy atom. The summed E-state index contributed by atoms with van der Waals surface area (Å²) in [6.07, 6.45) is 2.94. The predicted octanol–water partition coefficient (Wildman–Crippen LogP) is 1.82. The number of methoxy groups -OCH3 is 1. The molecule has 1 aromatic heterocycles. The molecule has 0 amide bonds. The van der Waals surface area contributed by atoms with Gasteiger partial charge in [-0.05, 0) is 39.8 Å². The number of halogens is 1. The Morgan fingerprint density at radius 3 is 3.21 bits per heavy atom. The third-order valence-corrected chi connectivity index (χ3v) is 5.10. The Labute approximate surface area is 125 Å². The molecule has 1 aliphatic heterocycles. The van der Waals surface area contributed by atoms with Gasteiger partial charge >= 0.3 is 0 Å². The fourth-order valence-corrected chi connectivity index (χ4v) is 3.66. The van der Waals surface area contributed by atoms with Crippen LogP contribution in [0.2, 0.25) is 0 Å². The number of thioether (sulfide) groups is 1. The van der Waals surface area contributed by atoms with Crippen LogP contribution in [0.3, 0.4) is 0 Å². The van der Waals surface area contributed by atoms with Gasteiger partial charge in [-0.25, -0.2) is 4.68 Å². The summed E-state index contributed by atoms with van der Waals surface area (Å²) < 4.78 is 6.91. The van der Waals surface area contributed by atoms with Gasteiger partial charge in [0.1, 0.15) is 4.47 Å². The van der Waals surface area contributed by atoms with Crippen molar-refractivity contribution < 1.29 is 4.74 Å². The van der Waals surface area contributed by atoms with Crippen molar-refractivity contribution in [1.29, 1.82) is 0 Å². The van der Waals surface area contributed by atoms with Gasteiger partial charge in [0.2, 0.25) is 0 Å². The van der Waals surface area contributed by atoms with Crippen molar-refractivity contribution >= 4 is 33.4 Å². The van der Waals surface area contributed by atoms with Crippen LogP contribution in [-0.4, -0.2) is 41.5 Å². The van der Waals surface area contributed by atoms with Crippen LogP contribution in [0.1, 0.15) is 6.42 Å². The average molecular weight is 348 g/mol. The zero-order valence-electron chi connectivity index (χ0n) is 10.9. The van der Waals surface area contributed by atoms with E-state index in [-0.39, 0.29) is 5.56 Å². The van der Waals surface area contributed by atoms with Crippen molar-refractivity contribution in [2.75, 3.05) is 37.1 Å². The molecule has 0 radical (unpaired) electrons. The molecule has 0 spiro atoms. The molecular formula is C12H18BrN3O2S. The maximum absolute atomic E-state index is 12.0. The van der Waals surface area contributed by atoms with Gasteiger partial charge in [0.05, 0.1) is 25.0 Å². The molecular weight excluding hydrogens is 330 g/mol. The van der Waals surface area contributed by atoms with E-state index >= 15 is 0 Å². The molecule has 1 unspecified atom stereocenters. The summed E-state index contributed by atoms with van der Waals surface area (Å²) in [6, 6.07) is 0. The van der Waals surface area contributed by atoms with Gasteiger partial charge in [0.25, 0.3) is 5.56 Å². The average Bonchev–Trinajstić information content (AvgIpc) is 2.92. The molecule has 1 atom stereocenters. The van der Waals surface area contributed by atoms with Gasteiger partial charge < -0.3 is 10.1 Å². The lowest BCUT2D eigenvalue weighted by Gasteiger charge is -2.13. The van der Waals surface area contributed by atoms with Gasteiger partial charge in [-0.1, -0.05) is 0 Å². The Balaban J connectivity index is 2.01. The lowest BCUT2D eigenvalue weighted by molar-refractivity contribution is 0.181. The minimum atomic E-state index is -0.122. The summed E-state index contributed by atoms with van der Waals surface area (Å²) in [5.74, 6) is 3.13. The van der Waals surface area contributed by atoms with E-state index in [1.807, 2.05) is 11.8 Å². The van der Waals surface area contributed by atoms with Gasteiger partial charge in [0.15, 0.2) is 0 Å². The van der Waals surface area contributed by atoms with E-state index in [4.69, 9.17) is 4.74 Å². The smallest absolute Gasteiger partial charge is 0.283 e. The maximum Gasteiger partial charge on any atom is 0.283 e. The molecule has 0 aliphatic carbocycles. The number of hydrogen-bond acceptors (Lipinski definition) is 5. The number of ether oxygens (including phenoxy) is 1. The number of hydrogen-bond donors (Lipinski definition) is 1. The topological polar surface area (TPSA) is 56.1 Å². The number of rotatable bonds is 6. The summed E-state index contributed by atoms with van der Waals surface area (Å²) in [6.45, 7) is 1.84. The molecule has 1 saturated heterocycles. The highest BCUT2D eigenvalue weighted by atomic mass is 79.9. The first-order chi connectivity index (χ1) is 9.22. The van der Waals surface area contributed by atoms with Crippen LogP contribution in [-0.2, 0) is 11.3 Å². The van der Waals surface area contributed by atoms with Crippen molar-refractivity contribution in [3.05, 3.63) is 21.0 Å². The zero-order valence-corrected chi connectivity index (χ0v) is 13.3. The van der Waals surface area contributed by atoms with E-state index in [2.05, 4.69) is 26.3 Å². The van der Waals surface area contributed by atoms with Crippen molar-refractivity contribution in [3.63, 3.8) is 0 Å². The number of nitrogens with one attached hydrogen (secondary N) is 1. The molecule has 19 heavy (non-hydrogen) atoms. The molecule has 2 heterocycles. The van der Waals surface area contributed by atoms with E-state index < -0.39 is 0 Å². The molecule has 0 aromatic carbocycles. The van der Waals surface area contributed by atoms with Crippen LogP contribution in [0, 0.1) is 5.92 Å². The predicted molar refractivity (Wildman–Crippen MR) is 82.0 cm³/mol. The standard InChI is InChI=1S/C12H18BrN3O2S/c1-18-4-3-16-12(17)11(13)10(7-15-16)14-6-9-2-5-19-8-9/h7,9,14H,2-6,8H2,1H3. The molecule has 7 heteroatoms. The Bertz CT molecular complexity index is 475. The third kappa shape index (κ3) is 3.97. The summed E-state index contributed by atoms with van der Waals surface area (Å²) in [4.78, 5) is 12.0. The monoisotopic (exact) mass is 347 g/mol. The fourth-order valence-electron chi connectivity index (χ4n) is 1.92. The molecule has 106 valence electrons. The second-order valence-electron chi connectivity index (χ2n) is 4.50. The SMILES string of the molecule is COCCn1ncc(NCC2CCSC2)c(Br)c1=O. The van der Waals surface area contributed by atoms with E-state index in [1.165, 1.54) is 22.6 Å². The Morgan fingerprint density at radius 2 is 2.53 bits per heavy atom. The normalized spacial score (nSPS) is 18.7. The summed E-state index contributed by atoms with van der Waals surface area (Å²) in [5.41, 5.74) is 0.651. The Kier molecular flexibility index (Phi) is 5.72. The van der Waals surface area contributed by atoms with Crippen molar-refractivity contribution in [1.82, 2.24) is 9.78 Å². The molecule has 1 fully saturated rings. The number of aromatic nitrogens is 2. The fraction of sp³-hybridized carbons (Fsp3) is 0.667. The van der Waals surface area contributed by atoms with E-state index in [0.717, 1.165) is 12.2 Å². The first-order valence-electron chi connectivity index (χ1n) is 6.28. The summed E-state index contributed by atoms with van der Waals surface area (Å²) >= 11 is 5.34. The molecule has 5 nitrogen and oxygen atoms in total. The molecule has 1 N–H and O–H groups in total. The molecule has 1 aromatic rings. The minimum absolute atomic E-state index is 0.122. The largest absolute Gasteiger partial charge is 0.383 e. The second-order valence-corrected chi connectivity index (χ2v) is 6.45. The van der Waals surface area contributed by atoms with Gasteiger partial charge in [-0.3, -0.25) is 4.79 Å². The van der Waals surface area contributed by atoms with Crippen LogP contribution >= 0.6 is 27.7 Å². The first kappa shape index (κ1) is 14.9. The van der Waals surface area contributed by atoms with Gasteiger partial charge in [-0.15, -0.1) is 0 Å². The van der Waals surface area contributed by atoms with E-state index in [0.29, 0.717) is 23.5 Å². The van der Waals surface area contributed by atoms with Crippen LogP contribution < -0.4 is 10.9 Å². The molecule has 1 aliphatic rings. The first-order valence-corrected chi connectivity index (χ1v) is 8.23. The second kappa shape index (κ2) is 7.31. The maximum atomic E-state index is 12.0. The van der Waals surface area contributed by atoms with Crippen LogP contribution in [0.15, 0.2) is 15.5 Å². The lowest BCUT2D eigenvalue weighted by atomic mass is 10.1. The number of anilines is 1. The highest BCUT2D eigenvalue weighted by molar-refractivity contribution is 9.10. The highest BCUT2D eigenvalue weighted by Gasteiger charge is 2.16. The van der Waals surface area contributed by atoms with E-state index in [1.54, 1.807) is 13.3 Å². The van der Waals surface area contributed by atoms with Crippen LogP contribution in [0.5, 0.6) is 0 Å². The van der Waals surface area contributed by atoms with Crippen LogP contribution in [0.4, 0.5) is 5.69 Å². The lowest BCUT2D eigenvalue weighted by Crippen LogP contribution is -2.26. The zero-order chi connectivity index (χ0) is 13.7. The van der Waals surface area contributed by atoms with Gasteiger partial charge in [-0.2, -0.15) is 16.9 Å². The van der Waals surface area contributed by atoms with Crippen molar-refractivity contribution in [2.24, 2.45) is 5.92 Å². The van der Waals surface area contributed by atoms with Crippen LogP contribution in [0.25, 0.3) is 0 Å². The summed E-state index contributed by atoms with van der Waals surface area (Å²) in [7, 11) is 1.61.